The van der Waals surface area contributed by atoms with Crippen LogP contribution in [0.1, 0.15) is 33.3 Å². The smallest absolute Gasteiger partial charge is 0.338 e. The molecule has 0 saturated carbocycles. The molecule has 15 heteroatoms. The van der Waals surface area contributed by atoms with Crippen LogP contribution in [0.2, 0.25) is 0 Å². The second-order valence-corrected chi connectivity index (χ2v) is 13.4. The predicted molar refractivity (Wildman–Crippen MR) is 184 cm³/mol. The number of hydrogen-bond donors (Lipinski definition) is 3. The minimum atomic E-state index is -1.43. The predicted octanol–water partition coefficient (Wildman–Crippen LogP) is 3.23. The van der Waals surface area contributed by atoms with E-state index in [1.807, 2.05) is 60.7 Å². The molecule has 49 heavy (non-hydrogen) atoms. The van der Waals surface area contributed by atoms with Gasteiger partial charge < -0.3 is 36.0 Å². The quantitative estimate of drug-likeness (QED) is 0.0685. The zero-order valence-corrected chi connectivity index (χ0v) is 27.8. The number of oxime groups is 1. The van der Waals surface area contributed by atoms with E-state index in [0.717, 1.165) is 22.5 Å². The summed E-state index contributed by atoms with van der Waals surface area (Å²) in [6.07, 6.45) is -0.764. The number of nitrogens with one attached hydrogen (secondary N) is 1. The van der Waals surface area contributed by atoms with Crippen LogP contribution in [0.25, 0.3) is 0 Å². The standard InChI is InChI=1S/C34H32N6O7S2/c1-45-39-25(24-16-48-33(36)37-24)28(41)38-26-29(42)40-17-34(19-49-30(26)40,18-46-31(43)22-12-14-23(35)15-13-22)32(44)47-27(20-8-4-2-5-9-20)21-10-6-3-7-11-21/h2-16,26-27,30H,17-19,35H2,1H3,(H2,36,37)(H,38,41)/t26?,30-,34?/m1/s1. The van der Waals surface area contributed by atoms with E-state index in [2.05, 4.69) is 15.5 Å². The van der Waals surface area contributed by atoms with Crippen molar-refractivity contribution < 1.29 is 33.5 Å². The van der Waals surface area contributed by atoms with E-state index in [1.165, 1.54) is 35.9 Å². The fourth-order valence-corrected chi connectivity index (χ4v) is 7.59. The van der Waals surface area contributed by atoms with Gasteiger partial charge >= 0.3 is 11.9 Å². The number of esters is 2. The number of anilines is 2. The summed E-state index contributed by atoms with van der Waals surface area (Å²) in [5.74, 6) is -2.27. The molecular formula is C34H32N6O7S2. The van der Waals surface area contributed by atoms with Crippen molar-refractivity contribution in [2.75, 3.05) is 37.5 Å². The van der Waals surface area contributed by atoms with Crippen LogP contribution < -0.4 is 16.8 Å². The van der Waals surface area contributed by atoms with Crippen LogP contribution in [0.5, 0.6) is 0 Å². The van der Waals surface area contributed by atoms with Crippen LogP contribution in [0.15, 0.2) is 95.5 Å². The van der Waals surface area contributed by atoms with Gasteiger partial charge in [-0.05, 0) is 35.4 Å². The summed E-state index contributed by atoms with van der Waals surface area (Å²) in [6.45, 7) is -0.469. The van der Waals surface area contributed by atoms with Gasteiger partial charge in [-0.2, -0.15) is 0 Å². The van der Waals surface area contributed by atoms with E-state index < -0.39 is 46.7 Å². The van der Waals surface area contributed by atoms with E-state index in [9.17, 15) is 19.2 Å². The van der Waals surface area contributed by atoms with Crippen molar-refractivity contribution in [1.82, 2.24) is 15.2 Å². The molecule has 3 atom stereocenters. The number of fused-ring (bicyclic) bond motifs is 1. The van der Waals surface area contributed by atoms with Crippen molar-refractivity contribution >= 4 is 63.4 Å². The Morgan fingerprint density at radius 2 is 1.67 bits per heavy atom. The number of ether oxygens (including phenoxy) is 2. The molecule has 3 heterocycles. The second-order valence-electron chi connectivity index (χ2n) is 11.4. The van der Waals surface area contributed by atoms with Gasteiger partial charge in [0, 0.05) is 23.4 Å². The van der Waals surface area contributed by atoms with Gasteiger partial charge in [-0.1, -0.05) is 65.8 Å². The summed E-state index contributed by atoms with van der Waals surface area (Å²) >= 11 is 2.40. The highest BCUT2D eigenvalue weighted by molar-refractivity contribution is 8.00. The van der Waals surface area contributed by atoms with Gasteiger partial charge in [0.2, 0.25) is 5.91 Å². The largest absolute Gasteiger partial charge is 0.461 e. The van der Waals surface area contributed by atoms with Crippen LogP contribution >= 0.6 is 23.1 Å². The van der Waals surface area contributed by atoms with Gasteiger partial charge in [0.15, 0.2) is 16.9 Å². The number of hydrogen-bond acceptors (Lipinski definition) is 13. The first-order chi connectivity index (χ1) is 23.7. The lowest BCUT2D eigenvalue weighted by Gasteiger charge is -2.53. The van der Waals surface area contributed by atoms with E-state index in [0.29, 0.717) is 5.69 Å². The number of thioether (sulfide) groups is 1. The molecule has 13 nitrogen and oxygen atoms in total. The Morgan fingerprint density at radius 1 is 1.02 bits per heavy atom. The highest BCUT2D eigenvalue weighted by Crippen LogP contribution is 2.44. The molecule has 6 rings (SSSR count). The molecule has 2 unspecified atom stereocenters. The molecule has 2 fully saturated rings. The van der Waals surface area contributed by atoms with Crippen LogP contribution in [0.4, 0.5) is 10.8 Å². The number of carbonyl (C=O) groups is 4. The first kappa shape index (κ1) is 33.5. The van der Waals surface area contributed by atoms with Crippen molar-refractivity contribution in [3.63, 3.8) is 0 Å². The SMILES string of the molecule is CON=C(C(=O)NC1C(=O)N2CC(COC(=O)c3ccc(N)cc3)(C(=O)OC(c3ccccc3)c3ccccc3)CS[C@H]12)c1csc(N)n1. The molecule has 0 spiro atoms. The molecule has 2 amide bonds. The van der Waals surface area contributed by atoms with Gasteiger partial charge in [0.1, 0.15) is 36.2 Å². The van der Waals surface area contributed by atoms with E-state index >= 15 is 0 Å². The number of β-lactam (4-membered cyclic amide) rings is 1. The first-order valence-corrected chi connectivity index (χ1v) is 17.0. The molecule has 2 saturated heterocycles. The fraction of sp³-hybridized carbons (Fsp3) is 0.235. The average Bonchev–Trinajstić information content (AvgIpc) is 3.56. The maximum absolute atomic E-state index is 14.3. The molecule has 5 N–H and O–H groups in total. The van der Waals surface area contributed by atoms with Crippen LogP contribution in [-0.4, -0.2) is 76.8 Å². The molecule has 0 radical (unpaired) electrons. The van der Waals surface area contributed by atoms with Crippen molar-refractivity contribution in [2.24, 2.45) is 10.6 Å². The third kappa shape index (κ3) is 7.07. The number of thiazole rings is 1. The number of nitrogen functional groups attached to an aromatic ring is 2. The fourth-order valence-electron chi connectivity index (χ4n) is 5.52. The molecule has 252 valence electrons. The molecule has 4 aromatic rings. The first-order valence-electron chi connectivity index (χ1n) is 15.1. The minimum absolute atomic E-state index is 0.109. The monoisotopic (exact) mass is 700 g/mol. The number of carbonyl (C=O) groups excluding carboxylic acids is 4. The number of nitrogens with zero attached hydrogens (tertiary/aromatic N) is 3. The summed E-state index contributed by atoms with van der Waals surface area (Å²) in [4.78, 5) is 64.6. The maximum atomic E-state index is 14.3. The van der Waals surface area contributed by atoms with E-state index in [4.69, 9.17) is 25.8 Å². The summed E-state index contributed by atoms with van der Waals surface area (Å²) in [7, 11) is 1.29. The molecule has 3 aromatic carbocycles. The lowest BCUT2D eigenvalue weighted by Crippen LogP contribution is -2.74. The average molecular weight is 701 g/mol. The van der Waals surface area contributed by atoms with Crippen LogP contribution in [0.3, 0.4) is 0 Å². The van der Waals surface area contributed by atoms with Gasteiger partial charge in [-0.15, -0.1) is 23.1 Å². The Bertz CT molecular complexity index is 1830. The zero-order valence-electron chi connectivity index (χ0n) is 26.2. The lowest BCUT2D eigenvalue weighted by atomic mass is 9.87. The lowest BCUT2D eigenvalue weighted by molar-refractivity contribution is -0.168. The molecule has 2 aliphatic heterocycles. The van der Waals surface area contributed by atoms with Crippen LogP contribution in [-0.2, 0) is 28.7 Å². The van der Waals surface area contributed by atoms with E-state index in [-0.39, 0.29) is 41.0 Å². The molecule has 0 aliphatic carbocycles. The Morgan fingerprint density at radius 3 is 2.27 bits per heavy atom. The van der Waals surface area contributed by atoms with Gasteiger partial charge in [0.05, 0.1) is 5.56 Å². The highest BCUT2D eigenvalue weighted by atomic mass is 32.2. The Hall–Kier alpha value is -5.41. The Labute approximate surface area is 289 Å². The Kier molecular flexibility index (Phi) is 9.82. The van der Waals surface area contributed by atoms with Gasteiger partial charge in [-0.25, -0.2) is 9.78 Å². The maximum Gasteiger partial charge on any atom is 0.338 e. The molecule has 1 aromatic heterocycles. The van der Waals surface area contributed by atoms with Crippen molar-refractivity contribution in [3.05, 3.63) is 113 Å². The van der Waals surface area contributed by atoms with Gasteiger partial charge in [0.25, 0.3) is 5.91 Å². The number of aromatic nitrogens is 1. The number of benzene rings is 3. The zero-order chi connectivity index (χ0) is 34.5. The third-order valence-electron chi connectivity index (χ3n) is 8.08. The molecule has 0 bridgehead atoms. The normalized spacial score (nSPS) is 20.2. The second kappa shape index (κ2) is 14.4. The number of amides is 2. The summed E-state index contributed by atoms with van der Waals surface area (Å²) in [5.41, 5.74) is 12.4. The molecular weight excluding hydrogens is 669 g/mol. The van der Waals surface area contributed by atoms with Crippen molar-refractivity contribution in [1.29, 1.82) is 0 Å². The number of rotatable bonds is 11. The molecule has 2 aliphatic rings. The Balaban J connectivity index is 1.23. The van der Waals surface area contributed by atoms with Crippen LogP contribution in [0, 0.1) is 5.41 Å². The third-order valence-corrected chi connectivity index (χ3v) is 10.3. The highest BCUT2D eigenvalue weighted by Gasteiger charge is 2.59. The minimum Gasteiger partial charge on any atom is -0.461 e. The summed E-state index contributed by atoms with van der Waals surface area (Å²) < 4.78 is 12.0. The summed E-state index contributed by atoms with van der Waals surface area (Å²) in [6, 6.07) is 23.9. The summed E-state index contributed by atoms with van der Waals surface area (Å²) in [5, 5.41) is 7.79. The van der Waals surface area contributed by atoms with Crippen molar-refractivity contribution in [2.45, 2.75) is 17.5 Å². The van der Waals surface area contributed by atoms with E-state index in [1.54, 1.807) is 17.5 Å². The number of nitrogens with two attached hydrogens (primary N) is 2. The topological polar surface area (TPSA) is 189 Å². The van der Waals surface area contributed by atoms with Crippen molar-refractivity contribution in [3.8, 4) is 0 Å². The van der Waals surface area contributed by atoms with Gasteiger partial charge in [-0.3, -0.25) is 14.4 Å².